The summed E-state index contributed by atoms with van der Waals surface area (Å²) in [6, 6.07) is 20.9. The third kappa shape index (κ3) is 4.67. The van der Waals surface area contributed by atoms with Crippen molar-refractivity contribution in [1.82, 2.24) is 15.1 Å². The Labute approximate surface area is 193 Å². The predicted octanol–water partition coefficient (Wildman–Crippen LogP) is 3.85. The van der Waals surface area contributed by atoms with Crippen LogP contribution in [0.2, 0.25) is 0 Å². The second-order valence-electron chi connectivity index (χ2n) is 8.67. The normalized spacial score (nSPS) is 17.3. The molecule has 0 saturated carbocycles. The zero-order valence-corrected chi connectivity index (χ0v) is 18.6. The molecule has 6 nitrogen and oxygen atoms in total. The lowest BCUT2D eigenvalue weighted by Crippen LogP contribution is -2.52. The van der Waals surface area contributed by atoms with Crippen molar-refractivity contribution >= 4 is 17.4 Å². The van der Waals surface area contributed by atoms with Crippen molar-refractivity contribution in [3.8, 4) is 11.3 Å². The number of carbonyl (C=O) groups is 1. The molecule has 3 heterocycles. The first-order chi connectivity index (χ1) is 16.2. The molecule has 3 aromatic rings. The maximum Gasteiger partial charge on any atom is 0.225 e. The molecular formula is C26H28FN5O. The summed E-state index contributed by atoms with van der Waals surface area (Å²) in [6.45, 7) is 4.19. The molecule has 1 amide bonds. The van der Waals surface area contributed by atoms with Gasteiger partial charge >= 0.3 is 0 Å². The molecule has 7 heteroatoms. The predicted molar refractivity (Wildman–Crippen MR) is 128 cm³/mol. The van der Waals surface area contributed by atoms with E-state index in [0.717, 1.165) is 43.0 Å². The SMILES string of the molecule is O=C(C1CCN(c2ccc(-c3ccccc3)nn2)CC1)N1CCN(c2ccccc2F)CC1. The van der Waals surface area contributed by atoms with Gasteiger partial charge in [0.25, 0.3) is 0 Å². The Hall–Kier alpha value is -3.48. The van der Waals surface area contributed by atoms with Crippen LogP contribution < -0.4 is 9.80 Å². The lowest BCUT2D eigenvalue weighted by Gasteiger charge is -2.39. The standard InChI is InChI=1S/C26H28FN5O/c27-22-8-4-5-9-24(22)30-16-18-32(19-17-30)26(33)21-12-14-31(15-13-21)25-11-10-23(28-29-25)20-6-2-1-3-7-20/h1-11,21H,12-19H2. The van der Waals surface area contributed by atoms with E-state index in [0.29, 0.717) is 31.9 Å². The number of hydrogen-bond donors (Lipinski definition) is 0. The van der Waals surface area contributed by atoms with Crippen molar-refractivity contribution < 1.29 is 9.18 Å². The third-order valence-corrected chi connectivity index (χ3v) is 6.67. The summed E-state index contributed by atoms with van der Waals surface area (Å²) < 4.78 is 14.1. The number of para-hydroxylation sites is 1. The number of benzene rings is 2. The number of anilines is 2. The second kappa shape index (κ2) is 9.57. The summed E-state index contributed by atoms with van der Waals surface area (Å²) in [5.74, 6) is 0.926. The highest BCUT2D eigenvalue weighted by molar-refractivity contribution is 5.79. The average Bonchev–Trinajstić information content (AvgIpc) is 2.89. The van der Waals surface area contributed by atoms with Gasteiger partial charge in [-0.05, 0) is 37.1 Å². The summed E-state index contributed by atoms with van der Waals surface area (Å²) in [6.07, 6.45) is 1.63. The van der Waals surface area contributed by atoms with Crippen LogP contribution >= 0.6 is 0 Å². The number of nitrogens with zero attached hydrogens (tertiary/aromatic N) is 5. The number of rotatable bonds is 4. The fourth-order valence-corrected chi connectivity index (χ4v) is 4.75. The summed E-state index contributed by atoms with van der Waals surface area (Å²) in [4.78, 5) is 19.3. The van der Waals surface area contributed by atoms with Gasteiger partial charge in [0, 0.05) is 50.7 Å². The highest BCUT2D eigenvalue weighted by Gasteiger charge is 2.31. The first kappa shape index (κ1) is 21.4. The zero-order valence-electron chi connectivity index (χ0n) is 18.6. The van der Waals surface area contributed by atoms with E-state index in [1.165, 1.54) is 6.07 Å². The number of carbonyl (C=O) groups excluding carboxylic acids is 1. The number of halogens is 1. The van der Waals surface area contributed by atoms with E-state index in [-0.39, 0.29) is 17.6 Å². The molecule has 2 fully saturated rings. The van der Waals surface area contributed by atoms with E-state index in [4.69, 9.17) is 0 Å². The van der Waals surface area contributed by atoms with Crippen LogP contribution in [0.1, 0.15) is 12.8 Å². The molecule has 0 unspecified atom stereocenters. The molecule has 0 aliphatic carbocycles. The maximum atomic E-state index is 14.1. The number of piperazine rings is 1. The van der Waals surface area contributed by atoms with E-state index in [9.17, 15) is 9.18 Å². The minimum absolute atomic E-state index is 0.0396. The van der Waals surface area contributed by atoms with Crippen LogP contribution in [0.4, 0.5) is 15.9 Å². The molecule has 2 aliphatic heterocycles. The monoisotopic (exact) mass is 445 g/mol. The fourth-order valence-electron chi connectivity index (χ4n) is 4.75. The van der Waals surface area contributed by atoms with Crippen molar-refractivity contribution in [1.29, 1.82) is 0 Å². The number of aromatic nitrogens is 2. The maximum absolute atomic E-state index is 14.1. The summed E-state index contributed by atoms with van der Waals surface area (Å²) >= 11 is 0. The molecule has 0 N–H and O–H groups in total. The quantitative estimate of drug-likeness (QED) is 0.611. The van der Waals surface area contributed by atoms with Gasteiger partial charge < -0.3 is 14.7 Å². The van der Waals surface area contributed by atoms with Gasteiger partial charge in [0.15, 0.2) is 5.82 Å². The van der Waals surface area contributed by atoms with Crippen LogP contribution in [0, 0.1) is 11.7 Å². The van der Waals surface area contributed by atoms with E-state index in [2.05, 4.69) is 15.1 Å². The number of amides is 1. The average molecular weight is 446 g/mol. The molecule has 0 radical (unpaired) electrons. The van der Waals surface area contributed by atoms with E-state index in [1.54, 1.807) is 12.1 Å². The van der Waals surface area contributed by atoms with Gasteiger partial charge in [0.05, 0.1) is 11.4 Å². The van der Waals surface area contributed by atoms with Gasteiger partial charge in [-0.1, -0.05) is 42.5 Å². The Balaban J connectivity index is 1.13. The fraction of sp³-hybridized carbons (Fsp3) is 0.346. The Kier molecular flexibility index (Phi) is 6.19. The van der Waals surface area contributed by atoms with Gasteiger partial charge in [-0.2, -0.15) is 0 Å². The molecule has 0 spiro atoms. The zero-order chi connectivity index (χ0) is 22.6. The summed E-state index contributed by atoms with van der Waals surface area (Å²) in [5.41, 5.74) is 2.53. The highest BCUT2D eigenvalue weighted by Crippen LogP contribution is 2.26. The molecule has 2 saturated heterocycles. The Bertz CT molecular complexity index is 1080. The van der Waals surface area contributed by atoms with Gasteiger partial charge in [0.2, 0.25) is 5.91 Å². The third-order valence-electron chi connectivity index (χ3n) is 6.67. The van der Waals surface area contributed by atoms with Crippen molar-refractivity contribution in [2.75, 3.05) is 49.1 Å². The van der Waals surface area contributed by atoms with E-state index < -0.39 is 0 Å². The molecule has 5 rings (SSSR count). The Morgan fingerprint density at radius 3 is 2.12 bits per heavy atom. The first-order valence-electron chi connectivity index (χ1n) is 11.6. The van der Waals surface area contributed by atoms with Crippen molar-refractivity contribution in [3.63, 3.8) is 0 Å². The highest BCUT2D eigenvalue weighted by atomic mass is 19.1. The molecule has 2 aliphatic rings. The van der Waals surface area contributed by atoms with Crippen LogP contribution in [0.25, 0.3) is 11.3 Å². The summed E-state index contributed by atoms with van der Waals surface area (Å²) in [7, 11) is 0. The number of piperidine rings is 1. The summed E-state index contributed by atoms with van der Waals surface area (Å²) in [5, 5.41) is 8.82. The van der Waals surface area contributed by atoms with Crippen LogP contribution in [-0.2, 0) is 4.79 Å². The van der Waals surface area contributed by atoms with Crippen LogP contribution in [0.15, 0.2) is 66.7 Å². The molecular weight excluding hydrogens is 417 g/mol. The Morgan fingerprint density at radius 1 is 0.758 bits per heavy atom. The van der Waals surface area contributed by atoms with Crippen molar-refractivity contribution in [2.24, 2.45) is 5.92 Å². The van der Waals surface area contributed by atoms with Crippen molar-refractivity contribution in [2.45, 2.75) is 12.8 Å². The molecule has 170 valence electrons. The van der Waals surface area contributed by atoms with Crippen LogP contribution in [0.3, 0.4) is 0 Å². The number of hydrogen-bond acceptors (Lipinski definition) is 5. The molecule has 33 heavy (non-hydrogen) atoms. The minimum atomic E-state index is -0.204. The van der Waals surface area contributed by atoms with E-state index >= 15 is 0 Å². The molecule has 1 aromatic heterocycles. The first-order valence-corrected chi connectivity index (χ1v) is 11.6. The van der Waals surface area contributed by atoms with Crippen LogP contribution in [0.5, 0.6) is 0 Å². The smallest absolute Gasteiger partial charge is 0.225 e. The molecule has 0 bridgehead atoms. The van der Waals surface area contributed by atoms with Gasteiger partial charge in [-0.25, -0.2) is 4.39 Å². The lowest BCUT2D eigenvalue weighted by molar-refractivity contribution is -0.136. The second-order valence-corrected chi connectivity index (χ2v) is 8.67. The van der Waals surface area contributed by atoms with Gasteiger partial charge in [0.1, 0.15) is 5.82 Å². The van der Waals surface area contributed by atoms with Gasteiger partial charge in [-0.3, -0.25) is 4.79 Å². The lowest BCUT2D eigenvalue weighted by atomic mass is 9.95. The van der Waals surface area contributed by atoms with Gasteiger partial charge in [-0.15, -0.1) is 10.2 Å². The topological polar surface area (TPSA) is 52.6 Å². The minimum Gasteiger partial charge on any atom is -0.366 e. The largest absolute Gasteiger partial charge is 0.366 e. The van der Waals surface area contributed by atoms with Crippen LogP contribution in [-0.4, -0.2) is 60.3 Å². The molecule has 2 aromatic carbocycles. The van der Waals surface area contributed by atoms with Crippen molar-refractivity contribution in [3.05, 3.63) is 72.5 Å². The van der Waals surface area contributed by atoms with E-state index in [1.807, 2.05) is 58.3 Å². The Morgan fingerprint density at radius 2 is 1.45 bits per heavy atom. The molecule has 0 atom stereocenters.